The number of hydrogen-bond donors (Lipinski definition) is 1. The van der Waals surface area contributed by atoms with Crippen molar-refractivity contribution in [2.75, 3.05) is 6.54 Å². The van der Waals surface area contributed by atoms with Crippen molar-refractivity contribution in [1.29, 1.82) is 5.26 Å². The Labute approximate surface area is 113 Å². The summed E-state index contributed by atoms with van der Waals surface area (Å²) in [5, 5.41) is 11.6. The number of nitriles is 1. The number of benzene rings is 1. The molecule has 0 radical (unpaired) electrons. The van der Waals surface area contributed by atoms with E-state index in [1.54, 1.807) is 0 Å². The van der Waals surface area contributed by atoms with E-state index in [-0.39, 0.29) is 12.0 Å². The number of ether oxygens (including phenoxy) is 1. The fourth-order valence-electron chi connectivity index (χ4n) is 2.29. The summed E-state index contributed by atoms with van der Waals surface area (Å²) in [4.78, 5) is 11.6. The van der Waals surface area contributed by atoms with E-state index >= 15 is 0 Å². The smallest absolute Gasteiger partial charge is 0.407 e. The SMILES string of the molecule is N#CCC1(CNC(=O)OCc2ccccc2)CCC1. The molecule has 0 spiro atoms. The number of hydrogen-bond acceptors (Lipinski definition) is 3. The predicted octanol–water partition coefficient (Wildman–Crippen LogP) is 3.00. The summed E-state index contributed by atoms with van der Waals surface area (Å²) in [5.74, 6) is 0. The van der Waals surface area contributed by atoms with Gasteiger partial charge in [-0.25, -0.2) is 4.79 Å². The van der Waals surface area contributed by atoms with E-state index in [1.807, 2.05) is 30.3 Å². The Kier molecular flexibility index (Phi) is 4.40. The summed E-state index contributed by atoms with van der Waals surface area (Å²) in [7, 11) is 0. The van der Waals surface area contributed by atoms with E-state index in [9.17, 15) is 4.79 Å². The number of alkyl carbamates (subject to hydrolysis) is 1. The van der Waals surface area contributed by atoms with Gasteiger partial charge in [0.2, 0.25) is 0 Å². The van der Waals surface area contributed by atoms with Crippen LogP contribution >= 0.6 is 0 Å². The van der Waals surface area contributed by atoms with E-state index in [2.05, 4.69) is 11.4 Å². The van der Waals surface area contributed by atoms with Crippen molar-refractivity contribution in [2.24, 2.45) is 5.41 Å². The van der Waals surface area contributed by atoms with Gasteiger partial charge in [-0.2, -0.15) is 5.26 Å². The van der Waals surface area contributed by atoms with E-state index < -0.39 is 6.09 Å². The molecule has 1 saturated carbocycles. The molecule has 1 N–H and O–H groups in total. The molecule has 0 aromatic heterocycles. The monoisotopic (exact) mass is 258 g/mol. The Hall–Kier alpha value is -2.02. The Balaban J connectivity index is 1.72. The van der Waals surface area contributed by atoms with E-state index in [0.717, 1.165) is 24.8 Å². The number of amides is 1. The molecule has 0 heterocycles. The van der Waals surface area contributed by atoms with Crippen molar-refractivity contribution in [2.45, 2.75) is 32.3 Å². The van der Waals surface area contributed by atoms with Crippen LogP contribution in [-0.4, -0.2) is 12.6 Å². The first-order valence-corrected chi connectivity index (χ1v) is 6.56. The molecule has 1 amide bonds. The summed E-state index contributed by atoms with van der Waals surface area (Å²) in [6, 6.07) is 11.8. The van der Waals surface area contributed by atoms with E-state index in [0.29, 0.717) is 13.0 Å². The van der Waals surface area contributed by atoms with Crippen molar-refractivity contribution >= 4 is 6.09 Å². The van der Waals surface area contributed by atoms with Crippen LogP contribution in [0.15, 0.2) is 30.3 Å². The molecular weight excluding hydrogens is 240 g/mol. The van der Waals surface area contributed by atoms with Crippen LogP contribution in [0, 0.1) is 16.7 Å². The zero-order valence-corrected chi connectivity index (χ0v) is 10.9. The lowest BCUT2D eigenvalue weighted by Gasteiger charge is -2.39. The fourth-order valence-corrected chi connectivity index (χ4v) is 2.29. The largest absolute Gasteiger partial charge is 0.445 e. The van der Waals surface area contributed by atoms with Crippen LogP contribution in [0.4, 0.5) is 4.79 Å². The second kappa shape index (κ2) is 6.24. The zero-order chi connectivity index (χ0) is 13.6. The van der Waals surface area contributed by atoms with Gasteiger partial charge in [0, 0.05) is 18.4 Å². The van der Waals surface area contributed by atoms with E-state index in [1.165, 1.54) is 0 Å². The van der Waals surface area contributed by atoms with Gasteiger partial charge in [0.05, 0.1) is 6.07 Å². The Morgan fingerprint density at radius 1 is 1.37 bits per heavy atom. The first-order valence-electron chi connectivity index (χ1n) is 6.56. The number of nitrogens with one attached hydrogen (secondary N) is 1. The molecule has 0 saturated heterocycles. The maximum absolute atomic E-state index is 11.6. The maximum Gasteiger partial charge on any atom is 0.407 e. The van der Waals surface area contributed by atoms with Gasteiger partial charge < -0.3 is 10.1 Å². The van der Waals surface area contributed by atoms with Crippen molar-refractivity contribution in [1.82, 2.24) is 5.32 Å². The lowest BCUT2D eigenvalue weighted by Crippen LogP contribution is -2.42. The van der Waals surface area contributed by atoms with Crippen molar-refractivity contribution in [3.8, 4) is 6.07 Å². The van der Waals surface area contributed by atoms with Crippen LogP contribution in [0.1, 0.15) is 31.2 Å². The highest BCUT2D eigenvalue weighted by atomic mass is 16.5. The first kappa shape index (κ1) is 13.4. The minimum atomic E-state index is -0.409. The molecule has 0 bridgehead atoms. The van der Waals surface area contributed by atoms with Gasteiger partial charge in [-0.05, 0) is 18.4 Å². The molecule has 19 heavy (non-hydrogen) atoms. The third kappa shape index (κ3) is 3.72. The minimum Gasteiger partial charge on any atom is -0.445 e. The quantitative estimate of drug-likeness (QED) is 0.883. The number of carbonyl (C=O) groups excluding carboxylic acids is 1. The third-order valence-corrected chi connectivity index (χ3v) is 3.69. The van der Waals surface area contributed by atoms with E-state index in [4.69, 9.17) is 10.00 Å². The molecule has 2 rings (SSSR count). The summed E-state index contributed by atoms with van der Waals surface area (Å²) < 4.78 is 5.14. The molecule has 0 atom stereocenters. The maximum atomic E-state index is 11.6. The molecule has 1 fully saturated rings. The van der Waals surface area contributed by atoms with Crippen LogP contribution in [-0.2, 0) is 11.3 Å². The van der Waals surface area contributed by atoms with Gasteiger partial charge in [0.15, 0.2) is 0 Å². The molecule has 1 aromatic carbocycles. The molecule has 1 aromatic rings. The van der Waals surface area contributed by atoms with Crippen molar-refractivity contribution < 1.29 is 9.53 Å². The number of carbonyl (C=O) groups is 1. The molecule has 0 unspecified atom stereocenters. The molecule has 4 heteroatoms. The summed E-state index contributed by atoms with van der Waals surface area (Å²) in [6.07, 6.45) is 3.26. The summed E-state index contributed by atoms with van der Waals surface area (Å²) in [5.41, 5.74) is 0.952. The van der Waals surface area contributed by atoms with Gasteiger partial charge >= 0.3 is 6.09 Å². The van der Waals surface area contributed by atoms with Crippen LogP contribution in [0.2, 0.25) is 0 Å². The van der Waals surface area contributed by atoms with Gasteiger partial charge in [-0.1, -0.05) is 36.8 Å². The Morgan fingerprint density at radius 3 is 2.68 bits per heavy atom. The third-order valence-electron chi connectivity index (χ3n) is 3.69. The lowest BCUT2D eigenvalue weighted by molar-refractivity contribution is 0.109. The summed E-state index contributed by atoms with van der Waals surface area (Å²) >= 11 is 0. The van der Waals surface area contributed by atoms with Crippen LogP contribution < -0.4 is 5.32 Å². The van der Waals surface area contributed by atoms with Crippen LogP contribution in [0.5, 0.6) is 0 Å². The highest BCUT2D eigenvalue weighted by Crippen LogP contribution is 2.42. The first-order chi connectivity index (χ1) is 9.24. The molecule has 1 aliphatic carbocycles. The lowest BCUT2D eigenvalue weighted by atomic mass is 9.67. The normalized spacial score (nSPS) is 15.9. The average molecular weight is 258 g/mol. The minimum absolute atomic E-state index is 0.0134. The van der Waals surface area contributed by atoms with Gasteiger partial charge in [-0.15, -0.1) is 0 Å². The Bertz CT molecular complexity index is 461. The second-order valence-corrected chi connectivity index (χ2v) is 5.10. The predicted molar refractivity (Wildman–Crippen MR) is 71.1 cm³/mol. The fraction of sp³-hybridized carbons (Fsp3) is 0.467. The number of nitrogens with zero attached hydrogens (tertiary/aromatic N) is 1. The van der Waals surface area contributed by atoms with Gasteiger partial charge in [0.1, 0.15) is 6.61 Å². The Morgan fingerprint density at radius 2 is 2.11 bits per heavy atom. The summed E-state index contributed by atoms with van der Waals surface area (Å²) in [6.45, 7) is 0.812. The standard InChI is InChI=1S/C15H18N2O2/c16-10-9-15(7-4-8-15)12-17-14(18)19-11-13-5-2-1-3-6-13/h1-3,5-6H,4,7-9,11-12H2,(H,17,18). The van der Waals surface area contributed by atoms with Crippen molar-refractivity contribution in [3.63, 3.8) is 0 Å². The molecule has 1 aliphatic rings. The number of rotatable bonds is 5. The topological polar surface area (TPSA) is 62.1 Å². The highest BCUT2D eigenvalue weighted by molar-refractivity contribution is 5.67. The van der Waals surface area contributed by atoms with Crippen LogP contribution in [0.25, 0.3) is 0 Å². The zero-order valence-electron chi connectivity index (χ0n) is 10.9. The van der Waals surface area contributed by atoms with Crippen molar-refractivity contribution in [3.05, 3.63) is 35.9 Å². The van der Waals surface area contributed by atoms with Gasteiger partial charge in [0.25, 0.3) is 0 Å². The van der Waals surface area contributed by atoms with Gasteiger partial charge in [-0.3, -0.25) is 0 Å². The molecular formula is C15H18N2O2. The van der Waals surface area contributed by atoms with Crippen LogP contribution in [0.3, 0.4) is 0 Å². The molecule has 0 aliphatic heterocycles. The second-order valence-electron chi connectivity index (χ2n) is 5.10. The molecule has 100 valence electrons. The highest BCUT2D eigenvalue weighted by Gasteiger charge is 2.37. The molecule has 4 nitrogen and oxygen atoms in total. The average Bonchev–Trinajstić information content (AvgIpc) is 2.40.